The molecule has 1 N–H and O–H groups in total. The van der Waals surface area contributed by atoms with Gasteiger partial charge in [0.15, 0.2) is 0 Å². The molecule has 0 spiro atoms. The molecule has 1 aromatic heterocycles. The summed E-state index contributed by atoms with van der Waals surface area (Å²) < 4.78 is 2.09. The first-order valence-corrected chi connectivity index (χ1v) is 12.0. The Labute approximate surface area is 191 Å². The first-order chi connectivity index (χ1) is 15.5. The summed E-state index contributed by atoms with van der Waals surface area (Å²) in [7, 11) is 4.20. The molecule has 170 valence electrons. The van der Waals surface area contributed by atoms with Crippen LogP contribution in [0.4, 0.5) is 0 Å². The van der Waals surface area contributed by atoms with Crippen molar-refractivity contribution in [2.75, 3.05) is 20.6 Å². The van der Waals surface area contributed by atoms with E-state index in [1.807, 2.05) is 25.1 Å². The second kappa shape index (κ2) is 9.60. The van der Waals surface area contributed by atoms with Crippen LogP contribution in [0.25, 0.3) is 10.9 Å². The van der Waals surface area contributed by atoms with Crippen LogP contribution >= 0.6 is 0 Å². The van der Waals surface area contributed by atoms with E-state index < -0.39 is 12.1 Å². The molecule has 4 rings (SSSR count). The largest absolute Gasteiger partial charge is 0.372 e. The molecule has 0 aliphatic carbocycles. The molecule has 0 saturated carbocycles. The van der Waals surface area contributed by atoms with E-state index >= 15 is 0 Å². The van der Waals surface area contributed by atoms with E-state index in [0.29, 0.717) is 6.42 Å². The van der Waals surface area contributed by atoms with E-state index in [1.165, 1.54) is 16.5 Å². The molecule has 2 heterocycles. The van der Waals surface area contributed by atoms with Crippen LogP contribution in [-0.4, -0.2) is 41.0 Å². The zero-order chi connectivity index (χ0) is 22.8. The molecule has 1 aliphatic rings. The number of aromatic nitrogens is 1. The SMILES string of the molecule is CCCC(=O)C1C(c2ccccc2)c2c(CCN(C)C)c3c(CCC)cccc3n2C1O. The lowest BCUT2D eigenvalue weighted by atomic mass is 9.79. The fraction of sp³-hybridized carbons (Fsp3) is 0.464. The molecule has 1 aliphatic heterocycles. The number of Topliss-reactive ketones (excluding diaryl/α,β-unsaturated/α-hetero) is 1. The fourth-order valence-electron chi connectivity index (χ4n) is 5.52. The Bertz CT molecular complexity index is 1080. The number of hydrogen-bond acceptors (Lipinski definition) is 3. The Hall–Kier alpha value is -2.43. The van der Waals surface area contributed by atoms with Gasteiger partial charge in [-0.3, -0.25) is 4.79 Å². The lowest BCUT2D eigenvalue weighted by Crippen LogP contribution is -2.25. The molecule has 3 unspecified atom stereocenters. The third-order valence-electron chi connectivity index (χ3n) is 6.85. The van der Waals surface area contributed by atoms with Crippen molar-refractivity contribution in [1.82, 2.24) is 9.47 Å². The Morgan fingerprint density at radius 3 is 2.41 bits per heavy atom. The highest BCUT2D eigenvalue weighted by molar-refractivity contribution is 5.92. The van der Waals surface area contributed by atoms with Gasteiger partial charge in [-0.05, 0) is 56.1 Å². The Kier molecular flexibility index (Phi) is 6.82. The normalized spacial score (nSPS) is 20.2. The number of aliphatic hydroxyl groups excluding tert-OH is 1. The van der Waals surface area contributed by atoms with E-state index in [9.17, 15) is 9.90 Å². The zero-order valence-electron chi connectivity index (χ0n) is 19.8. The van der Waals surface area contributed by atoms with Gasteiger partial charge in [-0.1, -0.05) is 62.7 Å². The minimum Gasteiger partial charge on any atom is -0.372 e. The smallest absolute Gasteiger partial charge is 0.141 e. The van der Waals surface area contributed by atoms with Crippen LogP contribution < -0.4 is 0 Å². The number of aryl methyl sites for hydroxylation is 1. The average Bonchev–Trinajstić information content (AvgIpc) is 3.26. The monoisotopic (exact) mass is 432 g/mol. The highest BCUT2D eigenvalue weighted by atomic mass is 16.3. The van der Waals surface area contributed by atoms with Crippen molar-refractivity contribution in [2.24, 2.45) is 5.92 Å². The second-order valence-electron chi connectivity index (χ2n) is 9.39. The van der Waals surface area contributed by atoms with E-state index in [1.54, 1.807) is 0 Å². The number of hydrogen-bond donors (Lipinski definition) is 1. The predicted molar refractivity (Wildman–Crippen MR) is 131 cm³/mol. The van der Waals surface area contributed by atoms with Gasteiger partial charge in [0.25, 0.3) is 0 Å². The van der Waals surface area contributed by atoms with Gasteiger partial charge in [0, 0.05) is 30.0 Å². The van der Waals surface area contributed by atoms with Gasteiger partial charge in [-0.25, -0.2) is 0 Å². The fourth-order valence-corrected chi connectivity index (χ4v) is 5.52. The van der Waals surface area contributed by atoms with Gasteiger partial charge >= 0.3 is 0 Å². The molecule has 0 saturated heterocycles. The molecular formula is C28H36N2O2. The van der Waals surface area contributed by atoms with Crippen molar-refractivity contribution in [2.45, 2.75) is 58.1 Å². The summed E-state index contributed by atoms with van der Waals surface area (Å²) in [6.07, 6.45) is 3.46. The molecule has 32 heavy (non-hydrogen) atoms. The van der Waals surface area contributed by atoms with E-state index in [-0.39, 0.29) is 11.7 Å². The molecule has 3 atom stereocenters. The van der Waals surface area contributed by atoms with Gasteiger partial charge in [0.2, 0.25) is 0 Å². The van der Waals surface area contributed by atoms with E-state index in [2.05, 4.69) is 60.8 Å². The van der Waals surface area contributed by atoms with Gasteiger partial charge < -0.3 is 14.6 Å². The third kappa shape index (κ3) is 3.91. The highest BCUT2D eigenvalue weighted by Gasteiger charge is 2.47. The van der Waals surface area contributed by atoms with Crippen LogP contribution in [-0.2, 0) is 17.6 Å². The minimum atomic E-state index is -0.832. The van der Waals surface area contributed by atoms with Crippen LogP contribution in [0.3, 0.4) is 0 Å². The lowest BCUT2D eigenvalue weighted by molar-refractivity contribution is -0.127. The van der Waals surface area contributed by atoms with Crippen LogP contribution in [0.15, 0.2) is 48.5 Å². The molecule has 0 bridgehead atoms. The summed E-state index contributed by atoms with van der Waals surface area (Å²) in [6.45, 7) is 5.17. The van der Waals surface area contributed by atoms with Gasteiger partial charge in [0.1, 0.15) is 12.0 Å². The molecule has 4 nitrogen and oxygen atoms in total. The molecule has 3 aromatic rings. The number of nitrogens with zero attached hydrogens (tertiary/aromatic N) is 2. The number of benzene rings is 2. The molecule has 0 radical (unpaired) electrons. The van der Waals surface area contributed by atoms with Crippen LogP contribution in [0.1, 0.15) is 67.6 Å². The molecule has 4 heteroatoms. The molecule has 0 fully saturated rings. The quantitative estimate of drug-likeness (QED) is 0.498. The number of fused-ring (bicyclic) bond motifs is 3. The number of ketones is 1. The summed E-state index contributed by atoms with van der Waals surface area (Å²) in [6, 6.07) is 16.8. The Morgan fingerprint density at radius 1 is 1.00 bits per heavy atom. The van der Waals surface area contributed by atoms with Gasteiger partial charge in [-0.2, -0.15) is 0 Å². The summed E-state index contributed by atoms with van der Waals surface area (Å²) in [5.74, 6) is -0.400. The van der Waals surface area contributed by atoms with Crippen molar-refractivity contribution < 1.29 is 9.90 Å². The van der Waals surface area contributed by atoms with E-state index in [4.69, 9.17) is 0 Å². The lowest BCUT2D eigenvalue weighted by Gasteiger charge is -2.23. The minimum absolute atomic E-state index is 0.121. The second-order valence-corrected chi connectivity index (χ2v) is 9.39. The molecule has 2 aromatic carbocycles. The summed E-state index contributed by atoms with van der Waals surface area (Å²) in [5, 5.41) is 12.9. The zero-order valence-corrected chi connectivity index (χ0v) is 19.8. The highest BCUT2D eigenvalue weighted by Crippen LogP contribution is 2.51. The molecule has 0 amide bonds. The van der Waals surface area contributed by atoms with E-state index in [0.717, 1.165) is 49.0 Å². The van der Waals surface area contributed by atoms with Crippen LogP contribution in [0, 0.1) is 5.92 Å². The topological polar surface area (TPSA) is 45.5 Å². The van der Waals surface area contributed by atoms with Crippen LogP contribution in [0.5, 0.6) is 0 Å². The molecular weight excluding hydrogens is 396 g/mol. The van der Waals surface area contributed by atoms with Crippen molar-refractivity contribution in [1.29, 1.82) is 0 Å². The number of likely N-dealkylation sites (N-methyl/N-ethyl adjacent to an activating group) is 1. The third-order valence-corrected chi connectivity index (χ3v) is 6.85. The first-order valence-electron chi connectivity index (χ1n) is 12.0. The van der Waals surface area contributed by atoms with Crippen LogP contribution in [0.2, 0.25) is 0 Å². The van der Waals surface area contributed by atoms with Crippen molar-refractivity contribution in [3.63, 3.8) is 0 Å². The maximum Gasteiger partial charge on any atom is 0.141 e. The standard InChI is InChI=1S/C28H36N2O2/c1-5-11-19-15-10-16-22-24(19)21(17-18-29(3)4)27-25(20-13-8-7-9-14-20)26(23(31)12-6-2)28(32)30(22)27/h7-10,13-16,25-26,28,32H,5-6,11-12,17-18H2,1-4H3. The number of carbonyl (C=O) groups is 1. The average molecular weight is 433 g/mol. The Balaban J connectivity index is 2.00. The van der Waals surface area contributed by atoms with Crippen molar-refractivity contribution in [3.8, 4) is 0 Å². The maximum absolute atomic E-state index is 13.3. The summed E-state index contributed by atoms with van der Waals surface area (Å²) in [5.41, 5.74) is 5.97. The van der Waals surface area contributed by atoms with Gasteiger partial charge in [-0.15, -0.1) is 0 Å². The maximum atomic E-state index is 13.3. The van der Waals surface area contributed by atoms with Crippen molar-refractivity contribution >= 4 is 16.7 Å². The number of carbonyl (C=O) groups excluding carboxylic acids is 1. The summed E-state index contributed by atoms with van der Waals surface area (Å²) in [4.78, 5) is 15.5. The number of aliphatic hydroxyl groups is 1. The first kappa shape index (κ1) is 22.8. The Morgan fingerprint density at radius 2 is 1.75 bits per heavy atom. The van der Waals surface area contributed by atoms with Gasteiger partial charge in [0.05, 0.1) is 11.4 Å². The van der Waals surface area contributed by atoms with Crippen molar-refractivity contribution in [3.05, 3.63) is 70.9 Å². The summed E-state index contributed by atoms with van der Waals surface area (Å²) >= 11 is 0. The number of rotatable bonds is 9. The predicted octanol–water partition coefficient (Wildman–Crippen LogP) is 5.32.